The maximum atomic E-state index is 11.2. The molecule has 0 aromatic heterocycles. The molecule has 104 valence electrons. The quantitative estimate of drug-likeness (QED) is 0.648. The third-order valence-electron chi connectivity index (χ3n) is 3.45. The van der Waals surface area contributed by atoms with Crippen LogP contribution in [0.15, 0.2) is 0 Å². The van der Waals surface area contributed by atoms with Crippen LogP contribution in [0, 0.1) is 0 Å². The fraction of sp³-hybridized carbons (Fsp3) is 0.917. The van der Waals surface area contributed by atoms with Gasteiger partial charge in [-0.15, -0.1) is 0 Å². The van der Waals surface area contributed by atoms with Crippen molar-refractivity contribution in [3.63, 3.8) is 0 Å². The fourth-order valence-corrected chi connectivity index (χ4v) is 2.44. The Balaban J connectivity index is 1.85. The van der Waals surface area contributed by atoms with E-state index in [0.29, 0.717) is 26.2 Å². The molecule has 18 heavy (non-hydrogen) atoms. The first kappa shape index (κ1) is 13.7. The average Bonchev–Trinajstić information content (AvgIpc) is 2.35. The summed E-state index contributed by atoms with van der Waals surface area (Å²) in [5.74, 6) is -0.242. The first-order valence-electron chi connectivity index (χ1n) is 6.40. The van der Waals surface area contributed by atoms with Gasteiger partial charge in [-0.1, -0.05) is 0 Å². The van der Waals surface area contributed by atoms with Gasteiger partial charge in [-0.3, -0.25) is 4.79 Å². The number of rotatable bonds is 2. The van der Waals surface area contributed by atoms with E-state index in [0.717, 1.165) is 12.8 Å². The summed E-state index contributed by atoms with van der Waals surface area (Å²) in [6.45, 7) is 1.29. The molecule has 0 aliphatic carbocycles. The van der Waals surface area contributed by atoms with Crippen molar-refractivity contribution in [2.24, 2.45) is 0 Å². The number of nitrogens with one attached hydrogen (secondary N) is 1. The normalized spacial score (nSPS) is 37.2. The molecule has 0 spiro atoms. The minimum absolute atomic E-state index is 0.0547. The summed E-state index contributed by atoms with van der Waals surface area (Å²) in [4.78, 5) is 11.2. The number of hydrogen-bond donors (Lipinski definition) is 2. The van der Waals surface area contributed by atoms with E-state index in [9.17, 15) is 9.90 Å². The molecule has 2 saturated heterocycles. The second-order valence-corrected chi connectivity index (χ2v) is 4.86. The minimum Gasteiger partial charge on any atom is -0.469 e. The van der Waals surface area contributed by atoms with Crippen molar-refractivity contribution < 1.29 is 24.1 Å². The summed E-state index contributed by atoms with van der Waals surface area (Å²) >= 11 is 0. The van der Waals surface area contributed by atoms with Gasteiger partial charge in [0.25, 0.3) is 0 Å². The molecule has 0 bridgehead atoms. The van der Waals surface area contributed by atoms with E-state index >= 15 is 0 Å². The molecule has 0 radical (unpaired) electrons. The van der Waals surface area contributed by atoms with E-state index in [1.807, 2.05) is 0 Å². The number of carbonyl (C=O) groups excluding carboxylic acids is 1. The molecule has 0 aromatic carbocycles. The molecule has 2 N–H and O–H groups in total. The lowest BCUT2D eigenvalue weighted by atomic mass is 9.96. The molecular weight excluding hydrogens is 238 g/mol. The van der Waals surface area contributed by atoms with E-state index in [1.54, 1.807) is 0 Å². The fourth-order valence-electron chi connectivity index (χ4n) is 2.44. The number of aliphatic hydroxyl groups excluding tert-OH is 1. The van der Waals surface area contributed by atoms with E-state index in [1.165, 1.54) is 7.11 Å². The lowest BCUT2D eigenvalue weighted by Crippen LogP contribution is -2.53. The Morgan fingerprint density at radius 2 is 2.28 bits per heavy atom. The van der Waals surface area contributed by atoms with Crippen molar-refractivity contribution in [2.45, 2.75) is 43.6 Å². The van der Waals surface area contributed by atoms with Crippen molar-refractivity contribution >= 4 is 5.97 Å². The second-order valence-electron chi connectivity index (χ2n) is 4.86. The van der Waals surface area contributed by atoms with Crippen LogP contribution in [0.5, 0.6) is 0 Å². The third kappa shape index (κ3) is 3.65. The predicted molar refractivity (Wildman–Crippen MR) is 63.1 cm³/mol. The van der Waals surface area contributed by atoms with Gasteiger partial charge in [0.05, 0.1) is 45.1 Å². The van der Waals surface area contributed by atoms with Gasteiger partial charge in [-0.2, -0.15) is 0 Å². The van der Waals surface area contributed by atoms with Crippen LogP contribution in [-0.4, -0.2) is 62.3 Å². The van der Waals surface area contributed by atoms with Gasteiger partial charge in [0.1, 0.15) is 0 Å². The average molecular weight is 259 g/mol. The first-order valence-corrected chi connectivity index (χ1v) is 6.40. The maximum Gasteiger partial charge on any atom is 0.308 e. The Kier molecular flexibility index (Phi) is 4.94. The SMILES string of the molecule is COC(=O)C[C@H]1CC[C@H]2NC[C@H](O)COC[C@@H]2O1. The highest BCUT2D eigenvalue weighted by molar-refractivity contribution is 5.69. The zero-order valence-corrected chi connectivity index (χ0v) is 10.6. The number of methoxy groups -OCH3 is 1. The molecule has 2 rings (SSSR count). The number of ether oxygens (including phenoxy) is 3. The molecule has 0 amide bonds. The first-order chi connectivity index (χ1) is 8.69. The van der Waals surface area contributed by atoms with Crippen LogP contribution < -0.4 is 5.32 Å². The van der Waals surface area contributed by atoms with Crippen molar-refractivity contribution in [1.29, 1.82) is 0 Å². The number of hydrogen-bond acceptors (Lipinski definition) is 6. The van der Waals surface area contributed by atoms with E-state index in [2.05, 4.69) is 10.1 Å². The maximum absolute atomic E-state index is 11.2. The van der Waals surface area contributed by atoms with Crippen LogP contribution in [0.3, 0.4) is 0 Å². The summed E-state index contributed by atoms with van der Waals surface area (Å²) in [5.41, 5.74) is 0. The van der Waals surface area contributed by atoms with Crippen LogP contribution in [0.2, 0.25) is 0 Å². The van der Waals surface area contributed by atoms with Gasteiger partial charge in [0, 0.05) is 12.6 Å². The Bertz CT molecular complexity index is 286. The number of esters is 1. The van der Waals surface area contributed by atoms with Crippen LogP contribution in [0.1, 0.15) is 19.3 Å². The van der Waals surface area contributed by atoms with Crippen molar-refractivity contribution in [1.82, 2.24) is 5.32 Å². The van der Waals surface area contributed by atoms with Crippen LogP contribution in [0.25, 0.3) is 0 Å². The largest absolute Gasteiger partial charge is 0.469 e. The summed E-state index contributed by atoms with van der Waals surface area (Å²) in [6.07, 6.45) is 1.43. The monoisotopic (exact) mass is 259 g/mol. The highest BCUT2D eigenvalue weighted by atomic mass is 16.6. The molecule has 0 unspecified atom stereocenters. The molecule has 2 aliphatic heterocycles. The summed E-state index contributed by atoms with van der Waals surface area (Å²) in [7, 11) is 1.38. The van der Waals surface area contributed by atoms with Gasteiger partial charge in [-0.05, 0) is 12.8 Å². The topological polar surface area (TPSA) is 77.0 Å². The lowest BCUT2D eigenvalue weighted by Gasteiger charge is -2.38. The Hall–Kier alpha value is -0.690. The number of aliphatic hydroxyl groups is 1. The van der Waals surface area contributed by atoms with E-state index < -0.39 is 6.10 Å². The van der Waals surface area contributed by atoms with Crippen molar-refractivity contribution in [3.05, 3.63) is 0 Å². The van der Waals surface area contributed by atoms with Crippen molar-refractivity contribution in [2.75, 3.05) is 26.9 Å². The molecule has 0 saturated carbocycles. The molecule has 2 aliphatic rings. The molecule has 2 fully saturated rings. The van der Waals surface area contributed by atoms with Gasteiger partial charge in [0.15, 0.2) is 0 Å². The predicted octanol–water partition coefficient (Wildman–Crippen LogP) is -0.554. The minimum atomic E-state index is -0.459. The Morgan fingerprint density at radius 3 is 3.06 bits per heavy atom. The van der Waals surface area contributed by atoms with Gasteiger partial charge in [-0.25, -0.2) is 0 Å². The molecule has 2 heterocycles. The number of β-amino-alcohol motifs (C(OH)–C–C–N with tert-alkyl or cyclic N) is 1. The Labute approximate surface area is 107 Å². The number of carbonyl (C=O) groups is 1. The molecular formula is C12H21NO5. The lowest BCUT2D eigenvalue weighted by molar-refractivity contribution is -0.152. The van der Waals surface area contributed by atoms with E-state index in [-0.39, 0.29) is 24.2 Å². The molecule has 0 aromatic rings. The highest BCUT2D eigenvalue weighted by Crippen LogP contribution is 2.23. The molecule has 4 atom stereocenters. The summed E-state index contributed by atoms with van der Waals surface area (Å²) in [5, 5.41) is 12.8. The smallest absolute Gasteiger partial charge is 0.308 e. The Morgan fingerprint density at radius 1 is 1.44 bits per heavy atom. The van der Waals surface area contributed by atoms with Gasteiger partial charge < -0.3 is 24.6 Å². The van der Waals surface area contributed by atoms with Crippen molar-refractivity contribution in [3.8, 4) is 0 Å². The third-order valence-corrected chi connectivity index (χ3v) is 3.45. The van der Waals surface area contributed by atoms with Crippen LogP contribution in [-0.2, 0) is 19.0 Å². The second kappa shape index (κ2) is 6.47. The van der Waals surface area contributed by atoms with Crippen LogP contribution >= 0.6 is 0 Å². The van der Waals surface area contributed by atoms with E-state index in [4.69, 9.17) is 9.47 Å². The zero-order valence-electron chi connectivity index (χ0n) is 10.6. The standard InChI is InChI=1S/C12H21NO5/c1-16-12(15)4-9-2-3-10-11(18-9)7-17-6-8(14)5-13-10/h8-11,13-14H,2-7H2,1H3/t8-,9+,10+,11-/m0/s1. The molecule has 6 heteroatoms. The zero-order chi connectivity index (χ0) is 13.0. The molecule has 6 nitrogen and oxygen atoms in total. The summed E-state index contributed by atoms with van der Waals surface area (Å²) in [6, 6.07) is 0.189. The summed E-state index contributed by atoms with van der Waals surface area (Å²) < 4.78 is 15.9. The van der Waals surface area contributed by atoms with Gasteiger partial charge >= 0.3 is 5.97 Å². The van der Waals surface area contributed by atoms with Gasteiger partial charge in [0.2, 0.25) is 0 Å². The van der Waals surface area contributed by atoms with Crippen LogP contribution in [0.4, 0.5) is 0 Å². The highest BCUT2D eigenvalue weighted by Gasteiger charge is 2.33. The number of fused-ring (bicyclic) bond motifs is 1.